The molecular formula is C18H17F5N2O. The lowest BCUT2D eigenvalue weighted by Gasteiger charge is -2.22. The average Bonchev–Trinajstić information content (AvgIpc) is 3.01. The van der Waals surface area contributed by atoms with Crippen molar-refractivity contribution >= 4 is 0 Å². The van der Waals surface area contributed by atoms with E-state index in [0.717, 1.165) is 0 Å². The molecular weight excluding hydrogens is 355 g/mol. The number of nitrogens with zero attached hydrogens (tertiary/aromatic N) is 1. The Hall–Kier alpha value is -2.22. The number of aromatic nitrogens is 1. The summed E-state index contributed by atoms with van der Waals surface area (Å²) in [6.45, 7) is -2.75. The number of hydrogen-bond acceptors (Lipinski definition) is 3. The van der Waals surface area contributed by atoms with Crippen molar-refractivity contribution in [2.75, 3.05) is 26.5 Å². The maximum Gasteiger partial charge on any atom is 0.248 e. The van der Waals surface area contributed by atoms with Crippen LogP contribution in [0.4, 0.5) is 22.0 Å². The van der Waals surface area contributed by atoms with E-state index in [0.29, 0.717) is 5.56 Å². The smallest absolute Gasteiger partial charge is 0.248 e. The number of halogens is 5. The molecule has 1 aromatic carbocycles. The van der Waals surface area contributed by atoms with E-state index in [4.69, 9.17) is 10.5 Å². The second-order valence-corrected chi connectivity index (χ2v) is 6.29. The highest BCUT2D eigenvalue weighted by Gasteiger charge is 2.44. The summed E-state index contributed by atoms with van der Waals surface area (Å²) in [5.41, 5.74) is 4.48. The molecule has 0 bridgehead atoms. The molecule has 1 unspecified atom stereocenters. The number of alkyl halides is 4. The van der Waals surface area contributed by atoms with Gasteiger partial charge in [0.25, 0.3) is 0 Å². The van der Waals surface area contributed by atoms with Crippen LogP contribution in [-0.4, -0.2) is 37.9 Å². The van der Waals surface area contributed by atoms with Gasteiger partial charge in [-0.15, -0.1) is 0 Å². The molecule has 8 heteroatoms. The van der Waals surface area contributed by atoms with Crippen molar-refractivity contribution in [1.29, 1.82) is 0 Å². The molecule has 0 amide bonds. The highest BCUT2D eigenvalue weighted by Crippen LogP contribution is 2.46. The summed E-state index contributed by atoms with van der Waals surface area (Å²) < 4.78 is 72.6. The van der Waals surface area contributed by atoms with Crippen molar-refractivity contribution in [3.05, 3.63) is 47.4 Å². The predicted octanol–water partition coefficient (Wildman–Crippen LogP) is 3.76. The summed E-state index contributed by atoms with van der Waals surface area (Å²) >= 11 is 0. The zero-order valence-corrected chi connectivity index (χ0v) is 13.7. The van der Waals surface area contributed by atoms with Gasteiger partial charge in [0.15, 0.2) is 0 Å². The summed E-state index contributed by atoms with van der Waals surface area (Å²) in [6.07, 6.45) is -2.79. The second-order valence-electron chi connectivity index (χ2n) is 6.29. The lowest BCUT2D eigenvalue weighted by molar-refractivity contribution is 0.115. The molecule has 1 aliphatic rings. The number of nitrogens with two attached hydrogens (primary N) is 1. The normalized spacial score (nSPS) is 16.4. The van der Waals surface area contributed by atoms with E-state index in [1.54, 1.807) is 0 Å². The van der Waals surface area contributed by atoms with Crippen LogP contribution in [0.1, 0.15) is 17.2 Å². The fourth-order valence-electron chi connectivity index (χ4n) is 2.98. The average molecular weight is 372 g/mol. The Morgan fingerprint density at radius 1 is 1.15 bits per heavy atom. The second kappa shape index (κ2) is 7.19. The molecule has 3 rings (SSSR count). The summed E-state index contributed by atoms with van der Waals surface area (Å²) in [5, 5.41) is 0. The van der Waals surface area contributed by atoms with Crippen LogP contribution >= 0.6 is 0 Å². The van der Waals surface area contributed by atoms with Crippen molar-refractivity contribution < 1.29 is 26.7 Å². The van der Waals surface area contributed by atoms with Crippen molar-refractivity contribution in [3.63, 3.8) is 0 Å². The first-order chi connectivity index (χ1) is 12.5. The van der Waals surface area contributed by atoms with Crippen LogP contribution in [0.2, 0.25) is 0 Å². The first-order valence-electron chi connectivity index (χ1n) is 8.00. The van der Waals surface area contributed by atoms with Gasteiger partial charge in [-0.1, -0.05) is 0 Å². The van der Waals surface area contributed by atoms with Crippen LogP contribution in [0.3, 0.4) is 0 Å². The zero-order chi connectivity index (χ0) is 18.9. The largest absolute Gasteiger partial charge is 0.490 e. The monoisotopic (exact) mass is 372 g/mol. The number of hydrogen-bond donors (Lipinski definition) is 1. The first kappa shape index (κ1) is 18.6. The fraction of sp³-hybridized carbons (Fsp3) is 0.389. The van der Waals surface area contributed by atoms with Crippen LogP contribution in [0.5, 0.6) is 5.75 Å². The third-order valence-electron chi connectivity index (χ3n) is 4.62. The minimum absolute atomic E-state index is 0.0719. The van der Waals surface area contributed by atoms with Crippen molar-refractivity contribution in [3.8, 4) is 17.0 Å². The molecule has 1 aliphatic heterocycles. The molecule has 0 saturated carbocycles. The molecule has 1 atom stereocenters. The Morgan fingerprint density at radius 2 is 1.81 bits per heavy atom. The lowest BCUT2D eigenvalue weighted by Crippen LogP contribution is -2.33. The fourth-order valence-corrected chi connectivity index (χ4v) is 2.98. The topological polar surface area (TPSA) is 48.1 Å². The summed E-state index contributed by atoms with van der Waals surface area (Å²) in [7, 11) is 0. The molecule has 2 heterocycles. The number of pyridine rings is 1. The summed E-state index contributed by atoms with van der Waals surface area (Å²) in [5.74, 6) is -1.76. The highest BCUT2D eigenvalue weighted by molar-refractivity contribution is 5.71. The van der Waals surface area contributed by atoms with Gasteiger partial charge in [-0.05, 0) is 30.3 Å². The third kappa shape index (κ3) is 3.02. The van der Waals surface area contributed by atoms with Crippen LogP contribution in [0, 0.1) is 5.82 Å². The van der Waals surface area contributed by atoms with E-state index < -0.39 is 36.9 Å². The Morgan fingerprint density at radius 3 is 2.35 bits per heavy atom. The quantitative estimate of drug-likeness (QED) is 0.786. The summed E-state index contributed by atoms with van der Waals surface area (Å²) in [6, 6.07) is 6.40. The molecule has 0 radical (unpaired) electrons. The van der Waals surface area contributed by atoms with E-state index in [-0.39, 0.29) is 35.9 Å². The van der Waals surface area contributed by atoms with Crippen LogP contribution < -0.4 is 10.5 Å². The minimum Gasteiger partial charge on any atom is -0.490 e. The number of benzene rings is 1. The van der Waals surface area contributed by atoms with E-state index in [9.17, 15) is 22.0 Å². The standard InChI is InChI=1S/C18H17F5N2O/c19-7-18(8-20)9-26-16-13(18)5-14(12(6-24)17(22)23)25-15(16)10-1-3-11(21)4-2-10/h1-5,12,17H,6-9,24H2. The van der Waals surface area contributed by atoms with E-state index in [1.807, 2.05) is 0 Å². The van der Waals surface area contributed by atoms with Gasteiger partial charge in [-0.2, -0.15) is 0 Å². The molecule has 0 fully saturated rings. The predicted molar refractivity (Wildman–Crippen MR) is 86.6 cm³/mol. The van der Waals surface area contributed by atoms with Crippen LogP contribution in [-0.2, 0) is 5.41 Å². The molecule has 2 aromatic rings. The summed E-state index contributed by atoms with van der Waals surface area (Å²) in [4.78, 5) is 4.22. The maximum absolute atomic E-state index is 13.6. The highest BCUT2D eigenvalue weighted by atomic mass is 19.3. The number of fused-ring (bicyclic) bond motifs is 1. The molecule has 2 N–H and O–H groups in total. The van der Waals surface area contributed by atoms with Gasteiger partial charge in [-0.25, -0.2) is 26.9 Å². The molecule has 0 aliphatic carbocycles. The van der Waals surface area contributed by atoms with Crippen molar-refractivity contribution in [1.82, 2.24) is 4.98 Å². The zero-order valence-electron chi connectivity index (χ0n) is 13.7. The third-order valence-corrected chi connectivity index (χ3v) is 4.62. The van der Waals surface area contributed by atoms with E-state index >= 15 is 0 Å². The molecule has 1 aromatic heterocycles. The number of rotatable bonds is 6. The van der Waals surface area contributed by atoms with Gasteiger partial charge < -0.3 is 10.5 Å². The van der Waals surface area contributed by atoms with Crippen LogP contribution in [0.25, 0.3) is 11.3 Å². The van der Waals surface area contributed by atoms with E-state index in [1.165, 1.54) is 30.3 Å². The molecule has 0 saturated heterocycles. The van der Waals surface area contributed by atoms with Crippen molar-refractivity contribution in [2.24, 2.45) is 5.73 Å². The van der Waals surface area contributed by atoms with Gasteiger partial charge >= 0.3 is 0 Å². The number of ether oxygens (including phenoxy) is 1. The van der Waals surface area contributed by atoms with Gasteiger partial charge in [0, 0.05) is 17.7 Å². The molecule has 3 nitrogen and oxygen atoms in total. The Labute approximate surface area is 147 Å². The van der Waals surface area contributed by atoms with Crippen LogP contribution in [0.15, 0.2) is 30.3 Å². The van der Waals surface area contributed by atoms with Gasteiger partial charge in [0.2, 0.25) is 6.43 Å². The van der Waals surface area contributed by atoms with Gasteiger partial charge in [0.1, 0.15) is 37.2 Å². The lowest BCUT2D eigenvalue weighted by atomic mass is 9.83. The van der Waals surface area contributed by atoms with Crippen molar-refractivity contribution in [2.45, 2.75) is 17.8 Å². The SMILES string of the molecule is NCC(c1cc2c(c(-c3ccc(F)cc3)n1)OCC2(CF)CF)C(F)F. The Kier molecular flexibility index (Phi) is 5.13. The van der Waals surface area contributed by atoms with Gasteiger partial charge in [-0.3, -0.25) is 0 Å². The Balaban J connectivity index is 2.24. The minimum atomic E-state index is -2.79. The van der Waals surface area contributed by atoms with E-state index in [2.05, 4.69) is 4.98 Å². The maximum atomic E-state index is 13.6. The molecule has 26 heavy (non-hydrogen) atoms. The molecule has 140 valence electrons. The van der Waals surface area contributed by atoms with Gasteiger partial charge in [0.05, 0.1) is 17.0 Å². The Bertz CT molecular complexity index is 778. The first-order valence-corrected chi connectivity index (χ1v) is 8.00. The molecule has 0 spiro atoms.